The van der Waals surface area contributed by atoms with Crippen molar-refractivity contribution in [2.45, 2.75) is 20.3 Å². The Balaban J connectivity index is 1.84. The summed E-state index contributed by atoms with van der Waals surface area (Å²) in [6.07, 6.45) is 4.10. The Morgan fingerprint density at radius 1 is 1.26 bits per heavy atom. The second kappa shape index (κ2) is 6.53. The lowest BCUT2D eigenvalue weighted by atomic mass is 9.92. The average molecular weight is 367 g/mol. The van der Waals surface area contributed by atoms with Crippen molar-refractivity contribution in [1.82, 2.24) is 19.3 Å². The Morgan fingerprint density at radius 2 is 2.00 bits per heavy atom. The van der Waals surface area contributed by atoms with Gasteiger partial charge in [-0.15, -0.1) is 0 Å². The monoisotopic (exact) mass is 367 g/mol. The lowest BCUT2D eigenvalue weighted by Crippen LogP contribution is -2.43. The SMILES string of the molecule is CC1CC(C)CN(C(=O)c2cc(-c3ccco3)n3cnc(C(N)=O)c3n2)C1. The average Bonchev–Trinajstić information content (AvgIpc) is 3.29. The summed E-state index contributed by atoms with van der Waals surface area (Å²) in [7, 11) is 0. The molecule has 2 atom stereocenters. The fourth-order valence-corrected chi connectivity index (χ4v) is 3.86. The van der Waals surface area contributed by atoms with Crippen LogP contribution in [0.3, 0.4) is 0 Å². The maximum atomic E-state index is 13.1. The molecule has 0 saturated carbocycles. The molecule has 4 heterocycles. The van der Waals surface area contributed by atoms with Crippen LogP contribution < -0.4 is 5.73 Å². The van der Waals surface area contributed by atoms with E-state index in [0.29, 0.717) is 36.4 Å². The molecule has 4 rings (SSSR count). The lowest BCUT2D eigenvalue weighted by Gasteiger charge is -2.34. The van der Waals surface area contributed by atoms with Gasteiger partial charge in [-0.3, -0.25) is 14.0 Å². The normalized spacial score (nSPS) is 20.1. The summed E-state index contributed by atoms with van der Waals surface area (Å²) in [6.45, 7) is 5.66. The number of fused-ring (bicyclic) bond motifs is 1. The second-order valence-corrected chi connectivity index (χ2v) is 7.31. The van der Waals surface area contributed by atoms with Crippen molar-refractivity contribution in [1.29, 1.82) is 0 Å². The molecule has 1 aliphatic rings. The van der Waals surface area contributed by atoms with E-state index in [1.54, 1.807) is 28.9 Å². The molecule has 0 spiro atoms. The van der Waals surface area contributed by atoms with E-state index in [2.05, 4.69) is 23.8 Å². The number of carbonyl (C=O) groups is 2. The van der Waals surface area contributed by atoms with Crippen LogP contribution in [0.4, 0.5) is 0 Å². The van der Waals surface area contributed by atoms with Gasteiger partial charge in [0.15, 0.2) is 17.1 Å². The van der Waals surface area contributed by atoms with Crippen LogP contribution in [0.5, 0.6) is 0 Å². The minimum atomic E-state index is -0.694. The third-order valence-corrected chi connectivity index (χ3v) is 4.88. The predicted octanol–water partition coefficient (Wildman–Crippen LogP) is 2.21. The summed E-state index contributed by atoms with van der Waals surface area (Å²) in [6, 6.07) is 5.20. The first-order chi connectivity index (χ1) is 12.9. The molecule has 27 heavy (non-hydrogen) atoms. The molecule has 1 aliphatic heterocycles. The molecule has 8 heteroatoms. The molecule has 140 valence electrons. The van der Waals surface area contributed by atoms with E-state index in [1.807, 2.05) is 4.90 Å². The number of nitrogens with zero attached hydrogens (tertiary/aromatic N) is 4. The van der Waals surface area contributed by atoms with Crippen molar-refractivity contribution in [2.24, 2.45) is 17.6 Å². The third-order valence-electron chi connectivity index (χ3n) is 4.88. The molecule has 3 aromatic heterocycles. The summed E-state index contributed by atoms with van der Waals surface area (Å²) in [5.74, 6) is 0.551. The molecule has 2 N–H and O–H groups in total. The maximum absolute atomic E-state index is 13.1. The van der Waals surface area contributed by atoms with Crippen molar-refractivity contribution in [3.05, 3.63) is 42.2 Å². The zero-order chi connectivity index (χ0) is 19.1. The highest BCUT2D eigenvalue weighted by Gasteiger charge is 2.28. The summed E-state index contributed by atoms with van der Waals surface area (Å²) < 4.78 is 7.10. The first-order valence-electron chi connectivity index (χ1n) is 8.95. The molecule has 2 unspecified atom stereocenters. The molecule has 8 nitrogen and oxygen atoms in total. The second-order valence-electron chi connectivity index (χ2n) is 7.31. The highest BCUT2D eigenvalue weighted by Crippen LogP contribution is 2.26. The number of aromatic nitrogens is 3. The summed E-state index contributed by atoms with van der Waals surface area (Å²) in [5.41, 5.74) is 6.54. The van der Waals surface area contributed by atoms with Crippen molar-refractivity contribution in [2.75, 3.05) is 13.1 Å². The topological polar surface area (TPSA) is 107 Å². The van der Waals surface area contributed by atoms with Crippen molar-refractivity contribution < 1.29 is 14.0 Å². The zero-order valence-corrected chi connectivity index (χ0v) is 15.3. The number of amides is 2. The van der Waals surface area contributed by atoms with Crippen LogP contribution in [0.25, 0.3) is 17.1 Å². The van der Waals surface area contributed by atoms with Gasteiger partial charge in [-0.25, -0.2) is 9.97 Å². The first kappa shape index (κ1) is 17.3. The molecule has 1 fully saturated rings. The molecule has 2 amide bonds. The van der Waals surface area contributed by atoms with Crippen LogP contribution in [0.1, 0.15) is 41.2 Å². The van der Waals surface area contributed by atoms with E-state index >= 15 is 0 Å². The van der Waals surface area contributed by atoms with Gasteiger partial charge in [0.2, 0.25) is 0 Å². The van der Waals surface area contributed by atoms with Gasteiger partial charge in [0.05, 0.1) is 12.0 Å². The molecular formula is C19H21N5O3. The molecule has 1 saturated heterocycles. The Hall–Kier alpha value is -3.16. The fraction of sp³-hybridized carbons (Fsp3) is 0.368. The summed E-state index contributed by atoms with van der Waals surface area (Å²) in [4.78, 5) is 35.2. The number of carbonyl (C=O) groups excluding carboxylic acids is 2. The van der Waals surface area contributed by atoms with Crippen LogP contribution in [0.2, 0.25) is 0 Å². The molecule has 3 aromatic rings. The zero-order valence-electron chi connectivity index (χ0n) is 15.3. The number of rotatable bonds is 3. The van der Waals surface area contributed by atoms with Crippen LogP contribution >= 0.6 is 0 Å². The minimum Gasteiger partial charge on any atom is -0.463 e. The van der Waals surface area contributed by atoms with Crippen LogP contribution in [-0.2, 0) is 0 Å². The van der Waals surface area contributed by atoms with Gasteiger partial charge in [0, 0.05) is 13.1 Å². The quantitative estimate of drug-likeness (QED) is 0.764. The number of nitrogens with two attached hydrogens (primary N) is 1. The molecule has 0 bridgehead atoms. The molecular weight excluding hydrogens is 346 g/mol. The number of likely N-dealkylation sites (tertiary alicyclic amines) is 1. The highest BCUT2D eigenvalue weighted by atomic mass is 16.3. The number of furan rings is 1. The highest BCUT2D eigenvalue weighted by molar-refractivity contribution is 5.99. The predicted molar refractivity (Wildman–Crippen MR) is 98.1 cm³/mol. The van der Waals surface area contributed by atoms with Crippen molar-refractivity contribution >= 4 is 17.5 Å². The van der Waals surface area contributed by atoms with Gasteiger partial charge in [-0.05, 0) is 36.5 Å². The largest absolute Gasteiger partial charge is 0.463 e. The summed E-state index contributed by atoms with van der Waals surface area (Å²) >= 11 is 0. The Kier molecular flexibility index (Phi) is 4.18. The van der Waals surface area contributed by atoms with Crippen molar-refractivity contribution in [3.63, 3.8) is 0 Å². The van der Waals surface area contributed by atoms with E-state index in [1.165, 1.54) is 6.33 Å². The number of imidazole rings is 1. The van der Waals surface area contributed by atoms with Gasteiger partial charge in [0.25, 0.3) is 11.8 Å². The van der Waals surface area contributed by atoms with Gasteiger partial charge in [-0.1, -0.05) is 13.8 Å². The minimum absolute atomic E-state index is 0.0258. The number of hydrogen-bond donors (Lipinski definition) is 1. The maximum Gasteiger partial charge on any atom is 0.272 e. The van der Waals surface area contributed by atoms with E-state index in [9.17, 15) is 9.59 Å². The molecule has 0 radical (unpaired) electrons. The molecule has 0 aliphatic carbocycles. The number of primary amides is 1. The number of hydrogen-bond acceptors (Lipinski definition) is 5. The van der Waals surface area contributed by atoms with Crippen LogP contribution in [0, 0.1) is 11.8 Å². The van der Waals surface area contributed by atoms with Crippen molar-refractivity contribution in [3.8, 4) is 11.5 Å². The number of piperidine rings is 1. The standard InChI is InChI=1S/C19H21N5O3/c1-11-6-12(2)9-23(8-11)19(26)13-7-14(15-4-3-5-27-15)24-10-21-16(17(20)25)18(24)22-13/h3-5,7,10-12H,6,8-9H2,1-2H3,(H2,20,25). The first-order valence-corrected chi connectivity index (χ1v) is 8.95. The summed E-state index contributed by atoms with van der Waals surface area (Å²) in [5, 5.41) is 0. The van der Waals surface area contributed by atoms with E-state index in [-0.39, 0.29) is 22.9 Å². The van der Waals surface area contributed by atoms with E-state index in [0.717, 1.165) is 6.42 Å². The van der Waals surface area contributed by atoms with Gasteiger partial charge >= 0.3 is 0 Å². The van der Waals surface area contributed by atoms with E-state index in [4.69, 9.17) is 10.2 Å². The van der Waals surface area contributed by atoms with Gasteiger partial charge < -0.3 is 15.1 Å². The van der Waals surface area contributed by atoms with Crippen LogP contribution in [0.15, 0.2) is 35.2 Å². The lowest BCUT2D eigenvalue weighted by molar-refractivity contribution is 0.0617. The Morgan fingerprint density at radius 3 is 2.63 bits per heavy atom. The Labute approximate surface area is 156 Å². The van der Waals surface area contributed by atoms with Crippen LogP contribution in [-0.4, -0.2) is 44.2 Å². The molecule has 0 aromatic carbocycles. The third kappa shape index (κ3) is 3.07. The Bertz CT molecular complexity index is 998. The van der Waals surface area contributed by atoms with Gasteiger partial charge in [0.1, 0.15) is 12.0 Å². The van der Waals surface area contributed by atoms with Gasteiger partial charge in [-0.2, -0.15) is 0 Å². The fourth-order valence-electron chi connectivity index (χ4n) is 3.86. The van der Waals surface area contributed by atoms with E-state index < -0.39 is 5.91 Å². The smallest absolute Gasteiger partial charge is 0.272 e.